The summed E-state index contributed by atoms with van der Waals surface area (Å²) in [6.07, 6.45) is 0. The summed E-state index contributed by atoms with van der Waals surface area (Å²) in [5.41, 5.74) is 0. The van der Waals surface area contributed by atoms with E-state index in [1.54, 1.807) is 33.9 Å². The van der Waals surface area contributed by atoms with E-state index in [1.165, 1.54) is 0 Å². The molecule has 1 aromatic rings. The van der Waals surface area contributed by atoms with Gasteiger partial charge < -0.3 is 9.73 Å². The Balaban J connectivity index is 3.03. The van der Waals surface area contributed by atoms with Crippen LogP contribution in [0.5, 0.6) is 0 Å². The third-order valence-electron chi connectivity index (χ3n) is 1.95. The van der Waals surface area contributed by atoms with Crippen LogP contribution in [0.15, 0.2) is 15.4 Å². The Labute approximate surface area is 96.3 Å². The van der Waals surface area contributed by atoms with Crippen molar-refractivity contribution in [1.29, 1.82) is 0 Å². The Morgan fingerprint density at radius 3 is 2.56 bits per heavy atom. The second-order valence-electron chi connectivity index (χ2n) is 3.94. The highest BCUT2D eigenvalue weighted by Crippen LogP contribution is 2.19. The molecule has 0 unspecified atom stereocenters. The number of sulfonamides is 1. The zero-order valence-corrected chi connectivity index (χ0v) is 10.8. The van der Waals surface area contributed by atoms with Crippen molar-refractivity contribution in [2.24, 2.45) is 0 Å². The van der Waals surface area contributed by atoms with Crippen LogP contribution < -0.4 is 10.0 Å². The fraction of sp³-hybridized carbons (Fsp3) is 0.600. The van der Waals surface area contributed by atoms with Crippen molar-refractivity contribution < 1.29 is 12.8 Å². The summed E-state index contributed by atoms with van der Waals surface area (Å²) < 4.78 is 31.6. The minimum Gasteiger partial charge on any atom is -0.464 e. The largest absolute Gasteiger partial charge is 0.464 e. The molecule has 0 saturated carbocycles. The standard InChI is InChI=1S/C10H18N2O3S/c1-7(2)12-16(13,14)10-5-9(6-11-4)15-8(10)3/h5,7,11-12H,6H2,1-4H3. The van der Waals surface area contributed by atoms with Gasteiger partial charge in [0.15, 0.2) is 0 Å². The van der Waals surface area contributed by atoms with Gasteiger partial charge in [-0.25, -0.2) is 13.1 Å². The third-order valence-corrected chi connectivity index (χ3v) is 3.72. The van der Waals surface area contributed by atoms with Crippen LogP contribution in [0.4, 0.5) is 0 Å². The molecule has 0 aliphatic heterocycles. The summed E-state index contributed by atoms with van der Waals surface area (Å²) in [4.78, 5) is 0.214. The van der Waals surface area contributed by atoms with E-state index in [-0.39, 0.29) is 10.9 Å². The molecule has 1 heterocycles. The molecule has 2 N–H and O–H groups in total. The van der Waals surface area contributed by atoms with Crippen LogP contribution in [0, 0.1) is 6.92 Å². The molecule has 0 aromatic carbocycles. The van der Waals surface area contributed by atoms with Crippen LogP contribution in [-0.2, 0) is 16.6 Å². The summed E-state index contributed by atoms with van der Waals surface area (Å²) in [7, 11) is -1.68. The van der Waals surface area contributed by atoms with Gasteiger partial charge in [0.1, 0.15) is 16.4 Å². The smallest absolute Gasteiger partial charge is 0.244 e. The van der Waals surface area contributed by atoms with Gasteiger partial charge in [-0.1, -0.05) is 0 Å². The van der Waals surface area contributed by atoms with Crippen molar-refractivity contribution in [3.8, 4) is 0 Å². The molecule has 0 amide bonds. The van der Waals surface area contributed by atoms with Gasteiger partial charge >= 0.3 is 0 Å². The number of hydrogen-bond donors (Lipinski definition) is 2. The maximum absolute atomic E-state index is 11.9. The highest BCUT2D eigenvalue weighted by atomic mass is 32.2. The molecule has 6 heteroatoms. The van der Waals surface area contributed by atoms with E-state index in [1.807, 2.05) is 0 Å². The summed E-state index contributed by atoms with van der Waals surface area (Å²) in [5, 5.41) is 2.91. The van der Waals surface area contributed by atoms with Crippen LogP contribution in [0.1, 0.15) is 25.4 Å². The van der Waals surface area contributed by atoms with Crippen molar-refractivity contribution in [3.05, 3.63) is 17.6 Å². The molecule has 0 aliphatic carbocycles. The summed E-state index contributed by atoms with van der Waals surface area (Å²) in [6, 6.07) is 1.42. The number of aryl methyl sites for hydroxylation is 1. The Hall–Kier alpha value is -0.850. The molecular formula is C10H18N2O3S. The fourth-order valence-electron chi connectivity index (χ4n) is 1.43. The lowest BCUT2D eigenvalue weighted by Crippen LogP contribution is -2.30. The van der Waals surface area contributed by atoms with Crippen molar-refractivity contribution in [2.45, 2.75) is 38.3 Å². The topological polar surface area (TPSA) is 71.3 Å². The molecule has 1 rings (SSSR count). The number of rotatable bonds is 5. The molecule has 0 atom stereocenters. The minimum absolute atomic E-state index is 0.132. The van der Waals surface area contributed by atoms with Gasteiger partial charge in [0.25, 0.3) is 0 Å². The van der Waals surface area contributed by atoms with E-state index in [9.17, 15) is 8.42 Å². The van der Waals surface area contributed by atoms with Crippen molar-refractivity contribution in [2.75, 3.05) is 7.05 Å². The Morgan fingerprint density at radius 2 is 2.06 bits per heavy atom. The first kappa shape index (κ1) is 13.2. The number of furan rings is 1. The van der Waals surface area contributed by atoms with Gasteiger partial charge in [-0.05, 0) is 27.8 Å². The first-order valence-electron chi connectivity index (χ1n) is 5.13. The maximum atomic E-state index is 11.9. The van der Waals surface area contributed by atoms with Crippen LogP contribution in [0.2, 0.25) is 0 Å². The zero-order chi connectivity index (χ0) is 12.3. The van der Waals surface area contributed by atoms with Crippen molar-refractivity contribution >= 4 is 10.0 Å². The Kier molecular flexibility index (Phi) is 4.12. The molecule has 0 radical (unpaired) electrons. The normalized spacial score (nSPS) is 12.3. The predicted molar refractivity (Wildman–Crippen MR) is 61.7 cm³/mol. The van der Waals surface area contributed by atoms with Crippen LogP contribution in [-0.4, -0.2) is 21.5 Å². The maximum Gasteiger partial charge on any atom is 0.244 e. The lowest BCUT2D eigenvalue weighted by Gasteiger charge is -2.07. The number of hydrogen-bond acceptors (Lipinski definition) is 4. The first-order valence-corrected chi connectivity index (χ1v) is 6.61. The van der Waals surface area contributed by atoms with E-state index < -0.39 is 10.0 Å². The molecule has 0 spiro atoms. The molecule has 0 saturated heterocycles. The SMILES string of the molecule is CNCc1cc(S(=O)(=O)NC(C)C)c(C)o1. The average Bonchev–Trinajstić information content (AvgIpc) is 2.45. The molecule has 92 valence electrons. The summed E-state index contributed by atoms with van der Waals surface area (Å²) >= 11 is 0. The number of nitrogens with one attached hydrogen (secondary N) is 2. The van der Waals surface area contributed by atoms with Gasteiger partial charge in [-0.2, -0.15) is 0 Å². The van der Waals surface area contributed by atoms with Crippen LogP contribution in [0.3, 0.4) is 0 Å². The highest BCUT2D eigenvalue weighted by Gasteiger charge is 2.21. The van der Waals surface area contributed by atoms with Gasteiger partial charge in [0.05, 0.1) is 6.54 Å². The molecule has 0 fully saturated rings. The van der Waals surface area contributed by atoms with E-state index in [4.69, 9.17) is 4.42 Å². The first-order chi connectivity index (χ1) is 7.36. The molecular weight excluding hydrogens is 228 g/mol. The molecule has 0 aliphatic rings. The lowest BCUT2D eigenvalue weighted by molar-refractivity contribution is 0.465. The summed E-state index contributed by atoms with van der Waals surface area (Å²) in [6.45, 7) is 5.72. The molecule has 16 heavy (non-hydrogen) atoms. The minimum atomic E-state index is -3.46. The molecule has 0 bridgehead atoms. The second-order valence-corrected chi connectivity index (χ2v) is 5.62. The monoisotopic (exact) mass is 246 g/mol. The quantitative estimate of drug-likeness (QED) is 0.813. The van der Waals surface area contributed by atoms with E-state index >= 15 is 0 Å². The van der Waals surface area contributed by atoms with Gasteiger partial charge in [-0.15, -0.1) is 0 Å². The van der Waals surface area contributed by atoms with E-state index in [2.05, 4.69) is 10.0 Å². The molecule has 1 aromatic heterocycles. The van der Waals surface area contributed by atoms with Crippen LogP contribution in [0.25, 0.3) is 0 Å². The van der Waals surface area contributed by atoms with Gasteiger partial charge in [0, 0.05) is 12.1 Å². The van der Waals surface area contributed by atoms with Gasteiger partial charge in [0.2, 0.25) is 10.0 Å². The van der Waals surface area contributed by atoms with E-state index in [0.29, 0.717) is 18.1 Å². The second kappa shape index (κ2) is 4.99. The highest BCUT2D eigenvalue weighted by molar-refractivity contribution is 7.89. The zero-order valence-electron chi connectivity index (χ0n) is 9.99. The van der Waals surface area contributed by atoms with Crippen molar-refractivity contribution in [1.82, 2.24) is 10.0 Å². The van der Waals surface area contributed by atoms with Crippen molar-refractivity contribution in [3.63, 3.8) is 0 Å². The fourth-order valence-corrected chi connectivity index (χ4v) is 2.88. The third kappa shape index (κ3) is 3.07. The van der Waals surface area contributed by atoms with Gasteiger partial charge in [-0.3, -0.25) is 0 Å². The Morgan fingerprint density at radius 1 is 1.44 bits per heavy atom. The summed E-state index contributed by atoms with van der Waals surface area (Å²) in [5.74, 6) is 1.03. The predicted octanol–water partition coefficient (Wildman–Crippen LogP) is 0.994. The average molecular weight is 246 g/mol. The van der Waals surface area contributed by atoms with Crippen LogP contribution >= 0.6 is 0 Å². The van der Waals surface area contributed by atoms with E-state index in [0.717, 1.165) is 0 Å². The lowest BCUT2D eigenvalue weighted by atomic mass is 10.4. The Bertz CT molecular complexity index is 449. The molecule has 5 nitrogen and oxygen atoms in total.